The van der Waals surface area contributed by atoms with E-state index in [0.717, 1.165) is 19.3 Å². The first kappa shape index (κ1) is 34.8. The van der Waals surface area contributed by atoms with Crippen molar-refractivity contribution >= 4 is 5.97 Å². The molecule has 10 heteroatoms. The summed E-state index contributed by atoms with van der Waals surface area (Å²) in [6.07, 6.45) is 16.0. The van der Waals surface area contributed by atoms with Crippen LogP contribution in [0.4, 0.5) is 0 Å². The van der Waals surface area contributed by atoms with Crippen molar-refractivity contribution in [3.63, 3.8) is 0 Å². The molecule has 41 heavy (non-hydrogen) atoms. The molecule has 0 aromatic heterocycles. The van der Waals surface area contributed by atoms with Gasteiger partial charge in [0.1, 0.15) is 24.4 Å². The highest BCUT2D eigenvalue weighted by Gasteiger charge is 2.44. The second-order valence-electron chi connectivity index (χ2n) is 10.1. The summed E-state index contributed by atoms with van der Waals surface area (Å²) < 4.78 is 22.2. The van der Waals surface area contributed by atoms with Crippen molar-refractivity contribution in [1.29, 1.82) is 0 Å². The fourth-order valence-corrected chi connectivity index (χ4v) is 4.26. The van der Waals surface area contributed by atoms with Crippen LogP contribution in [0.3, 0.4) is 0 Å². The van der Waals surface area contributed by atoms with E-state index in [4.69, 9.17) is 18.9 Å². The molecule has 0 aromatic carbocycles. The predicted molar refractivity (Wildman–Crippen MR) is 154 cm³/mol. The number of esters is 1. The van der Waals surface area contributed by atoms with Crippen molar-refractivity contribution in [3.05, 3.63) is 72.9 Å². The Kier molecular flexibility index (Phi) is 16.7. The topological polar surface area (TPSA) is 155 Å². The Labute approximate surface area is 242 Å². The third kappa shape index (κ3) is 13.4. The van der Waals surface area contributed by atoms with E-state index in [2.05, 4.69) is 0 Å². The second-order valence-corrected chi connectivity index (χ2v) is 10.1. The average Bonchev–Trinajstić information content (AvgIpc) is 2.94. The van der Waals surface area contributed by atoms with E-state index in [1.54, 1.807) is 43.6 Å². The third-order valence-corrected chi connectivity index (χ3v) is 6.67. The van der Waals surface area contributed by atoms with Crippen LogP contribution in [-0.4, -0.2) is 100 Å². The maximum Gasteiger partial charge on any atom is 0.331 e. The lowest BCUT2D eigenvalue weighted by molar-refractivity contribution is -0.307. The van der Waals surface area contributed by atoms with Gasteiger partial charge < -0.3 is 44.5 Å². The van der Waals surface area contributed by atoms with Crippen LogP contribution in [-0.2, 0) is 23.7 Å². The Bertz CT molecular complexity index is 922. The molecular weight excluding hydrogens is 532 g/mol. The molecule has 1 saturated heterocycles. The molecule has 0 aromatic rings. The molecule has 230 valence electrons. The third-order valence-electron chi connectivity index (χ3n) is 6.67. The minimum Gasteiger partial charge on any atom is -0.460 e. The van der Waals surface area contributed by atoms with Crippen LogP contribution in [0, 0.1) is 0 Å². The normalized spacial score (nSPS) is 39.9. The molecule has 2 aliphatic heterocycles. The minimum absolute atomic E-state index is 0.223. The molecule has 0 radical (unpaired) electrons. The first-order valence-electron chi connectivity index (χ1n) is 14.1. The van der Waals surface area contributed by atoms with Crippen LogP contribution in [0.5, 0.6) is 0 Å². The Morgan fingerprint density at radius 1 is 0.878 bits per heavy atom. The second kappa shape index (κ2) is 19.7. The summed E-state index contributed by atoms with van der Waals surface area (Å²) in [6.45, 7) is 1.29. The van der Waals surface area contributed by atoms with Gasteiger partial charge in [0, 0.05) is 19.6 Å². The number of aliphatic hydroxyl groups excluding tert-OH is 5. The van der Waals surface area contributed by atoms with Gasteiger partial charge in [-0.1, -0.05) is 66.8 Å². The van der Waals surface area contributed by atoms with Gasteiger partial charge in [0.2, 0.25) is 0 Å². The maximum absolute atomic E-state index is 12.1. The number of hydrogen-bond acceptors (Lipinski definition) is 10. The van der Waals surface area contributed by atoms with Gasteiger partial charge in [-0.25, -0.2) is 4.79 Å². The van der Waals surface area contributed by atoms with Gasteiger partial charge in [0.25, 0.3) is 0 Å². The molecule has 2 aliphatic rings. The number of hydrogen-bond donors (Lipinski definition) is 5. The predicted octanol–water partition coefficient (Wildman–Crippen LogP) is 2.17. The molecule has 1 fully saturated rings. The van der Waals surface area contributed by atoms with Gasteiger partial charge in [-0.3, -0.25) is 0 Å². The van der Waals surface area contributed by atoms with E-state index in [1.807, 2.05) is 37.3 Å². The zero-order chi connectivity index (χ0) is 30.0. The zero-order valence-corrected chi connectivity index (χ0v) is 23.9. The molecule has 10 nitrogen and oxygen atoms in total. The van der Waals surface area contributed by atoms with E-state index in [0.29, 0.717) is 19.3 Å². The molecule has 2 heterocycles. The lowest BCUT2D eigenvalue weighted by Crippen LogP contribution is -2.59. The van der Waals surface area contributed by atoms with Gasteiger partial charge >= 0.3 is 5.97 Å². The Morgan fingerprint density at radius 2 is 1.56 bits per heavy atom. The van der Waals surface area contributed by atoms with Gasteiger partial charge in [-0.15, -0.1) is 0 Å². The molecule has 0 spiro atoms. The molecule has 0 unspecified atom stereocenters. The van der Waals surface area contributed by atoms with Crippen LogP contribution in [0.15, 0.2) is 72.9 Å². The van der Waals surface area contributed by atoms with Crippen LogP contribution >= 0.6 is 0 Å². The largest absolute Gasteiger partial charge is 0.460 e. The number of ether oxygens (including phenoxy) is 4. The number of carbonyl (C=O) groups excluding carboxylic acids is 1. The van der Waals surface area contributed by atoms with E-state index < -0.39 is 55.5 Å². The quantitative estimate of drug-likeness (QED) is 0.314. The number of aliphatic hydroxyl groups is 5. The van der Waals surface area contributed by atoms with Crippen molar-refractivity contribution in [1.82, 2.24) is 0 Å². The summed E-state index contributed by atoms with van der Waals surface area (Å²) in [5.74, 6) is -0.443. The zero-order valence-electron chi connectivity index (χ0n) is 23.9. The Balaban J connectivity index is 2.14. The molecule has 0 amide bonds. The lowest BCUT2D eigenvalue weighted by Gasteiger charge is -2.40. The number of carbonyl (C=O) groups is 1. The number of allylic oxidation sites excluding steroid dienone is 7. The van der Waals surface area contributed by atoms with Crippen molar-refractivity contribution in [2.75, 3.05) is 13.7 Å². The van der Waals surface area contributed by atoms with Crippen molar-refractivity contribution in [2.45, 2.75) is 101 Å². The van der Waals surface area contributed by atoms with Crippen LogP contribution in [0.2, 0.25) is 0 Å². The molecule has 2 rings (SSSR count). The smallest absolute Gasteiger partial charge is 0.331 e. The van der Waals surface area contributed by atoms with Gasteiger partial charge in [0.05, 0.1) is 31.0 Å². The monoisotopic (exact) mass is 578 g/mol. The van der Waals surface area contributed by atoms with Gasteiger partial charge in [-0.2, -0.15) is 0 Å². The summed E-state index contributed by atoms with van der Waals surface area (Å²) in [5, 5.41) is 50.4. The summed E-state index contributed by atoms with van der Waals surface area (Å²) in [5.41, 5.74) is 0. The summed E-state index contributed by atoms with van der Waals surface area (Å²) >= 11 is 0. The van der Waals surface area contributed by atoms with Crippen LogP contribution < -0.4 is 0 Å². The molecule has 0 bridgehead atoms. The summed E-state index contributed by atoms with van der Waals surface area (Å²) in [7, 11) is 1.60. The van der Waals surface area contributed by atoms with Crippen LogP contribution in [0.1, 0.15) is 45.4 Å². The summed E-state index contributed by atoms with van der Waals surface area (Å²) in [6, 6.07) is 0. The average molecular weight is 579 g/mol. The van der Waals surface area contributed by atoms with E-state index >= 15 is 0 Å². The summed E-state index contributed by atoms with van der Waals surface area (Å²) in [4.78, 5) is 12.1. The first-order chi connectivity index (χ1) is 19.7. The number of cyclic esters (lactones) is 1. The Morgan fingerprint density at radius 3 is 2.29 bits per heavy atom. The highest BCUT2D eigenvalue weighted by atomic mass is 16.7. The maximum atomic E-state index is 12.1. The van der Waals surface area contributed by atoms with Gasteiger partial charge in [-0.05, 0) is 39.0 Å². The molecule has 5 N–H and O–H groups in total. The highest BCUT2D eigenvalue weighted by Crippen LogP contribution is 2.24. The lowest BCUT2D eigenvalue weighted by atomic mass is 9.99. The molecule has 9 atom stereocenters. The van der Waals surface area contributed by atoms with E-state index in [9.17, 15) is 30.3 Å². The standard InChI is InChI=1S/C31H46O10/c1-22-14-8-4-3-5-10-18-25(38-2)20-23(33)15-9-6-11-16-24(17-12-7-13-19-27(34)39-22)40-31-30(37)29(36)28(35)26(21-32)41-31/h3,5-7,9-13,16,18-19,22-26,28-33,35-37H,4,8,14-15,17,20-21H2,1-2H3/b5-3+,9-6-,12-7+,16-11-,18-10+,19-13-/t22-,23+,24-,25+,26+,28+,29-,30+,31+/m1/s1. The Hall–Kier alpha value is -2.41. The molecule has 0 saturated carbocycles. The van der Waals surface area contributed by atoms with Crippen molar-refractivity contribution in [2.24, 2.45) is 0 Å². The SMILES string of the molecule is CO[C@H]1/C=C/C=C/CCC[C@@H](C)OC(=O)/C=C\C=C\C[C@H](O[C@H]2O[C@@H](CO)[C@H](O)[C@@H](O)[C@@H]2O)/C=C\C=C/C[C@H](O)C1. The van der Waals surface area contributed by atoms with Gasteiger partial charge in [0.15, 0.2) is 6.29 Å². The fraction of sp³-hybridized carbons (Fsp3) is 0.581. The molecular formula is C31H46O10. The van der Waals surface area contributed by atoms with Crippen molar-refractivity contribution < 1.29 is 49.3 Å². The first-order valence-corrected chi connectivity index (χ1v) is 14.1. The van der Waals surface area contributed by atoms with E-state index in [-0.39, 0.29) is 12.2 Å². The minimum atomic E-state index is -1.56. The fourth-order valence-electron chi connectivity index (χ4n) is 4.26. The van der Waals surface area contributed by atoms with Crippen molar-refractivity contribution in [3.8, 4) is 0 Å². The van der Waals surface area contributed by atoms with E-state index in [1.165, 1.54) is 6.08 Å². The highest BCUT2D eigenvalue weighted by molar-refractivity contribution is 5.82. The molecule has 0 aliphatic carbocycles. The van der Waals surface area contributed by atoms with Crippen LogP contribution in [0.25, 0.3) is 0 Å². The number of rotatable bonds is 4. The number of methoxy groups -OCH3 is 1.